The maximum absolute atomic E-state index is 11.6. The minimum Gasteiger partial charge on any atom is -0.481 e. The standard InChI is InChI=1S/C12H15NO5S/c1-9(12(14)15)8-19(18)7-6-10-2-4-11(5-3-10)13(16)17/h2-5,9H,6-8H2,1H3,(H,14,15). The van der Waals surface area contributed by atoms with Gasteiger partial charge in [0.15, 0.2) is 0 Å². The highest BCUT2D eigenvalue weighted by molar-refractivity contribution is 7.85. The molecule has 104 valence electrons. The van der Waals surface area contributed by atoms with Gasteiger partial charge in [0.1, 0.15) is 0 Å². The topological polar surface area (TPSA) is 97.5 Å². The molecule has 0 aliphatic carbocycles. The first-order valence-electron chi connectivity index (χ1n) is 5.71. The van der Waals surface area contributed by atoms with E-state index in [1.807, 2.05) is 0 Å². The number of hydrogen-bond donors (Lipinski definition) is 1. The Labute approximate surface area is 113 Å². The molecular formula is C12H15NO5S. The highest BCUT2D eigenvalue weighted by Gasteiger charge is 2.14. The molecule has 19 heavy (non-hydrogen) atoms. The number of nitro groups is 1. The molecule has 0 spiro atoms. The van der Waals surface area contributed by atoms with E-state index in [-0.39, 0.29) is 11.4 Å². The summed E-state index contributed by atoms with van der Waals surface area (Å²) in [7, 11) is -1.20. The first-order chi connectivity index (χ1) is 8.90. The molecular weight excluding hydrogens is 270 g/mol. The van der Waals surface area contributed by atoms with E-state index in [2.05, 4.69) is 0 Å². The third-order valence-electron chi connectivity index (χ3n) is 2.62. The van der Waals surface area contributed by atoms with Crippen LogP contribution in [0.2, 0.25) is 0 Å². The van der Waals surface area contributed by atoms with Crippen molar-refractivity contribution in [3.8, 4) is 0 Å². The Balaban J connectivity index is 2.46. The number of benzene rings is 1. The summed E-state index contributed by atoms with van der Waals surface area (Å²) >= 11 is 0. The van der Waals surface area contributed by atoms with Gasteiger partial charge in [0.2, 0.25) is 0 Å². The Hall–Kier alpha value is -1.76. The monoisotopic (exact) mass is 285 g/mol. The molecule has 2 atom stereocenters. The van der Waals surface area contributed by atoms with E-state index in [4.69, 9.17) is 5.11 Å². The fourth-order valence-corrected chi connectivity index (χ4v) is 2.78. The Bertz CT molecular complexity index is 485. The van der Waals surface area contributed by atoms with E-state index in [1.165, 1.54) is 19.1 Å². The lowest BCUT2D eigenvalue weighted by molar-refractivity contribution is -0.384. The second-order valence-electron chi connectivity index (χ2n) is 4.22. The number of aliphatic carboxylic acids is 1. The zero-order valence-corrected chi connectivity index (χ0v) is 11.3. The first kappa shape index (κ1) is 15.3. The number of aryl methyl sites for hydroxylation is 1. The first-order valence-corrected chi connectivity index (χ1v) is 7.20. The summed E-state index contributed by atoms with van der Waals surface area (Å²) in [5.41, 5.74) is 0.867. The molecule has 0 radical (unpaired) electrons. The van der Waals surface area contributed by atoms with E-state index in [1.54, 1.807) is 12.1 Å². The Morgan fingerprint density at radius 1 is 1.42 bits per heavy atom. The SMILES string of the molecule is CC(CS(=O)CCc1ccc([N+](=O)[O-])cc1)C(=O)O. The lowest BCUT2D eigenvalue weighted by Crippen LogP contribution is -2.19. The van der Waals surface area contributed by atoms with Crippen LogP contribution in [0, 0.1) is 16.0 Å². The zero-order valence-electron chi connectivity index (χ0n) is 10.4. The van der Waals surface area contributed by atoms with Gasteiger partial charge in [0.25, 0.3) is 5.69 Å². The summed E-state index contributed by atoms with van der Waals surface area (Å²) in [5.74, 6) is -1.10. The Morgan fingerprint density at radius 2 is 2.00 bits per heavy atom. The minimum absolute atomic E-state index is 0.0179. The maximum Gasteiger partial charge on any atom is 0.307 e. The van der Waals surface area contributed by atoms with Crippen LogP contribution >= 0.6 is 0 Å². The van der Waals surface area contributed by atoms with Crippen molar-refractivity contribution in [1.29, 1.82) is 0 Å². The molecule has 1 aromatic carbocycles. The number of carboxylic acids is 1. The smallest absolute Gasteiger partial charge is 0.307 e. The van der Waals surface area contributed by atoms with Crippen LogP contribution in [0.4, 0.5) is 5.69 Å². The molecule has 0 aliphatic heterocycles. The van der Waals surface area contributed by atoms with Crippen LogP contribution in [0.1, 0.15) is 12.5 Å². The van der Waals surface area contributed by atoms with Crippen molar-refractivity contribution in [3.63, 3.8) is 0 Å². The molecule has 0 saturated carbocycles. The number of rotatable bonds is 7. The minimum atomic E-state index is -1.20. The number of nitro benzene ring substituents is 1. The molecule has 0 amide bonds. The van der Waals surface area contributed by atoms with Crippen LogP contribution in [-0.4, -0.2) is 31.7 Å². The number of nitrogens with zero attached hydrogens (tertiary/aromatic N) is 1. The van der Waals surface area contributed by atoms with Crippen LogP contribution in [0.3, 0.4) is 0 Å². The van der Waals surface area contributed by atoms with Crippen molar-refractivity contribution in [2.75, 3.05) is 11.5 Å². The van der Waals surface area contributed by atoms with Crippen molar-refractivity contribution in [3.05, 3.63) is 39.9 Å². The predicted octanol–water partition coefficient (Wildman–Crippen LogP) is 1.61. The average molecular weight is 285 g/mol. The van der Waals surface area contributed by atoms with Crippen LogP contribution in [0.25, 0.3) is 0 Å². The van der Waals surface area contributed by atoms with Crippen LogP contribution < -0.4 is 0 Å². The molecule has 1 rings (SSSR count). The maximum atomic E-state index is 11.6. The summed E-state index contributed by atoms with van der Waals surface area (Å²) in [4.78, 5) is 20.6. The number of non-ortho nitro benzene ring substituents is 1. The van der Waals surface area contributed by atoms with Crippen molar-refractivity contribution in [2.24, 2.45) is 5.92 Å². The molecule has 0 heterocycles. The van der Waals surface area contributed by atoms with E-state index in [0.717, 1.165) is 5.56 Å². The second kappa shape index (κ2) is 6.98. The van der Waals surface area contributed by atoms with Gasteiger partial charge in [0, 0.05) is 34.4 Å². The Morgan fingerprint density at radius 3 is 2.47 bits per heavy atom. The highest BCUT2D eigenvalue weighted by atomic mass is 32.2. The third kappa shape index (κ3) is 5.17. The van der Waals surface area contributed by atoms with Crippen molar-refractivity contribution >= 4 is 22.5 Å². The van der Waals surface area contributed by atoms with Gasteiger partial charge < -0.3 is 5.11 Å². The van der Waals surface area contributed by atoms with Gasteiger partial charge >= 0.3 is 5.97 Å². The van der Waals surface area contributed by atoms with Gasteiger partial charge in [-0.25, -0.2) is 0 Å². The molecule has 0 fully saturated rings. The summed E-state index contributed by atoms with van der Waals surface area (Å²) in [5, 5.41) is 19.2. The molecule has 0 aliphatic rings. The fraction of sp³-hybridized carbons (Fsp3) is 0.417. The van der Waals surface area contributed by atoms with Crippen LogP contribution in [-0.2, 0) is 22.0 Å². The predicted molar refractivity (Wildman–Crippen MR) is 71.5 cm³/mol. The summed E-state index contributed by atoms with van der Waals surface area (Å²) in [6.45, 7) is 1.52. The normalized spacial score (nSPS) is 13.7. The van der Waals surface area contributed by atoms with E-state index in [0.29, 0.717) is 12.2 Å². The van der Waals surface area contributed by atoms with Crippen molar-refractivity contribution in [1.82, 2.24) is 0 Å². The van der Waals surface area contributed by atoms with Gasteiger partial charge in [-0.2, -0.15) is 0 Å². The number of carbonyl (C=O) groups is 1. The van der Waals surface area contributed by atoms with Gasteiger partial charge in [-0.3, -0.25) is 19.1 Å². The summed E-state index contributed by atoms with van der Waals surface area (Å²) in [6.07, 6.45) is 0.511. The van der Waals surface area contributed by atoms with Crippen molar-refractivity contribution < 1.29 is 19.0 Å². The zero-order chi connectivity index (χ0) is 14.4. The number of carboxylic acid groups (broad SMARTS) is 1. The van der Waals surface area contributed by atoms with Crippen LogP contribution in [0.5, 0.6) is 0 Å². The van der Waals surface area contributed by atoms with Crippen LogP contribution in [0.15, 0.2) is 24.3 Å². The molecule has 7 heteroatoms. The van der Waals surface area contributed by atoms with E-state index < -0.39 is 27.6 Å². The molecule has 0 aromatic heterocycles. The molecule has 1 N–H and O–H groups in total. The Kier molecular flexibility index (Phi) is 5.62. The quantitative estimate of drug-likeness (QED) is 0.606. The molecule has 1 aromatic rings. The summed E-state index contributed by atoms with van der Waals surface area (Å²) < 4.78 is 11.6. The van der Waals surface area contributed by atoms with Crippen molar-refractivity contribution in [2.45, 2.75) is 13.3 Å². The lowest BCUT2D eigenvalue weighted by Gasteiger charge is -2.06. The largest absolute Gasteiger partial charge is 0.481 e. The van der Waals surface area contributed by atoms with Gasteiger partial charge in [-0.05, 0) is 12.0 Å². The van der Waals surface area contributed by atoms with E-state index >= 15 is 0 Å². The second-order valence-corrected chi connectivity index (χ2v) is 5.84. The van der Waals surface area contributed by atoms with Gasteiger partial charge in [-0.15, -0.1) is 0 Å². The van der Waals surface area contributed by atoms with Gasteiger partial charge in [-0.1, -0.05) is 19.1 Å². The highest BCUT2D eigenvalue weighted by Crippen LogP contribution is 2.12. The fourth-order valence-electron chi connectivity index (χ4n) is 1.45. The van der Waals surface area contributed by atoms with Gasteiger partial charge in [0.05, 0.1) is 10.8 Å². The number of hydrogen-bond acceptors (Lipinski definition) is 4. The molecule has 0 bridgehead atoms. The molecule has 2 unspecified atom stereocenters. The summed E-state index contributed by atoms with van der Waals surface area (Å²) in [6, 6.07) is 6.04. The molecule has 0 saturated heterocycles. The lowest BCUT2D eigenvalue weighted by atomic mass is 10.1. The van der Waals surface area contributed by atoms with E-state index in [9.17, 15) is 19.1 Å². The molecule has 6 nitrogen and oxygen atoms in total. The average Bonchev–Trinajstić information content (AvgIpc) is 2.36. The third-order valence-corrected chi connectivity index (χ3v) is 4.15.